The van der Waals surface area contributed by atoms with E-state index in [0.29, 0.717) is 5.02 Å². The first-order valence-electron chi connectivity index (χ1n) is 6.63. The Bertz CT molecular complexity index is 467. The second-order valence-electron chi connectivity index (χ2n) is 4.73. The first-order valence-corrected chi connectivity index (χ1v) is 7.80. The first kappa shape index (κ1) is 14.8. The summed E-state index contributed by atoms with van der Waals surface area (Å²) in [5.41, 5.74) is 0.862. The fourth-order valence-electron chi connectivity index (χ4n) is 2.32. The molecule has 0 radical (unpaired) electrons. The van der Waals surface area contributed by atoms with E-state index in [9.17, 15) is 4.79 Å². The summed E-state index contributed by atoms with van der Waals surface area (Å²) in [6, 6.07) is 5.47. The fraction of sp³-hybridized carbons (Fsp3) is 0.500. The molecule has 1 saturated heterocycles. The molecule has 0 spiro atoms. The molecule has 1 fully saturated rings. The van der Waals surface area contributed by atoms with Gasteiger partial charge in [-0.05, 0) is 59.9 Å². The van der Waals surface area contributed by atoms with Gasteiger partial charge in [0, 0.05) is 16.0 Å². The quantitative estimate of drug-likeness (QED) is 0.904. The van der Waals surface area contributed by atoms with Crippen LogP contribution < -0.4 is 10.2 Å². The summed E-state index contributed by atoms with van der Waals surface area (Å²) in [7, 11) is 0. The third-order valence-corrected chi connectivity index (χ3v) is 4.18. The van der Waals surface area contributed by atoms with Gasteiger partial charge in [-0.1, -0.05) is 18.5 Å². The number of nitrogens with one attached hydrogen (secondary N) is 1. The largest absolute Gasteiger partial charge is 0.310 e. The zero-order chi connectivity index (χ0) is 13.8. The number of amides is 1. The lowest BCUT2D eigenvalue weighted by Crippen LogP contribution is -2.51. The van der Waals surface area contributed by atoms with E-state index in [-0.39, 0.29) is 11.9 Å². The molecule has 1 amide bonds. The molecule has 19 heavy (non-hydrogen) atoms. The zero-order valence-corrected chi connectivity index (χ0v) is 13.3. The minimum Gasteiger partial charge on any atom is -0.310 e. The van der Waals surface area contributed by atoms with Crippen molar-refractivity contribution in [2.45, 2.75) is 32.2 Å². The molecule has 3 nitrogen and oxygen atoms in total. The van der Waals surface area contributed by atoms with Gasteiger partial charge in [-0.15, -0.1) is 0 Å². The van der Waals surface area contributed by atoms with E-state index in [2.05, 4.69) is 28.2 Å². The van der Waals surface area contributed by atoms with Crippen LogP contribution >= 0.6 is 27.5 Å². The molecule has 1 atom stereocenters. The summed E-state index contributed by atoms with van der Waals surface area (Å²) in [5.74, 6) is 0.141. The molecule has 1 N–H and O–H groups in total. The van der Waals surface area contributed by atoms with E-state index in [1.54, 1.807) is 0 Å². The van der Waals surface area contributed by atoms with Crippen LogP contribution in [0.15, 0.2) is 22.7 Å². The van der Waals surface area contributed by atoms with E-state index in [0.717, 1.165) is 42.5 Å². The van der Waals surface area contributed by atoms with Gasteiger partial charge in [-0.2, -0.15) is 0 Å². The monoisotopic (exact) mass is 344 g/mol. The highest BCUT2D eigenvalue weighted by Crippen LogP contribution is 2.31. The highest BCUT2D eigenvalue weighted by molar-refractivity contribution is 9.10. The molecule has 0 aromatic heterocycles. The Kier molecular flexibility index (Phi) is 5.25. The minimum absolute atomic E-state index is 0.0698. The van der Waals surface area contributed by atoms with Gasteiger partial charge in [-0.3, -0.25) is 4.79 Å². The Labute approximate surface area is 127 Å². The predicted octanol–water partition coefficient (Wildman–Crippen LogP) is 3.60. The Morgan fingerprint density at radius 2 is 2.32 bits per heavy atom. The van der Waals surface area contributed by atoms with Gasteiger partial charge in [-0.25, -0.2) is 0 Å². The number of hydrogen-bond acceptors (Lipinski definition) is 2. The van der Waals surface area contributed by atoms with Crippen LogP contribution in [0, 0.1) is 0 Å². The van der Waals surface area contributed by atoms with Crippen LogP contribution in [0.1, 0.15) is 26.2 Å². The second kappa shape index (κ2) is 6.73. The number of carbonyl (C=O) groups is 1. The Hall–Kier alpha value is -0.580. The van der Waals surface area contributed by atoms with Gasteiger partial charge in [0.25, 0.3) is 0 Å². The van der Waals surface area contributed by atoms with Crippen LogP contribution in [-0.4, -0.2) is 25.0 Å². The van der Waals surface area contributed by atoms with Crippen molar-refractivity contribution in [3.05, 3.63) is 27.7 Å². The number of halogens is 2. The van der Waals surface area contributed by atoms with Crippen molar-refractivity contribution < 1.29 is 4.79 Å². The molecule has 1 unspecified atom stereocenters. The molecule has 1 aromatic carbocycles. The smallest absolute Gasteiger partial charge is 0.244 e. The number of anilines is 1. The van der Waals surface area contributed by atoms with Gasteiger partial charge in [0.05, 0.1) is 11.7 Å². The number of rotatable bonds is 4. The van der Waals surface area contributed by atoms with Gasteiger partial charge in [0.1, 0.15) is 0 Å². The van der Waals surface area contributed by atoms with Crippen molar-refractivity contribution in [2.75, 3.05) is 18.0 Å². The van der Waals surface area contributed by atoms with Crippen LogP contribution in [-0.2, 0) is 4.79 Å². The Balaban J connectivity index is 2.19. The number of carbonyl (C=O) groups excluding carboxylic acids is 1. The SMILES string of the molecule is CCCNC1CCCN(c2cc(Cl)ccc2Br)C1=O. The topological polar surface area (TPSA) is 32.3 Å². The maximum atomic E-state index is 12.5. The highest BCUT2D eigenvalue weighted by Gasteiger charge is 2.30. The minimum atomic E-state index is -0.0698. The molecular formula is C14H18BrClN2O. The molecule has 2 rings (SSSR count). The van der Waals surface area contributed by atoms with E-state index in [1.165, 1.54) is 0 Å². The summed E-state index contributed by atoms with van der Waals surface area (Å²) in [4.78, 5) is 14.3. The van der Waals surface area contributed by atoms with Crippen molar-refractivity contribution in [1.29, 1.82) is 0 Å². The van der Waals surface area contributed by atoms with Crippen molar-refractivity contribution in [1.82, 2.24) is 5.32 Å². The fourth-order valence-corrected chi connectivity index (χ4v) is 2.94. The van der Waals surface area contributed by atoms with Crippen LogP contribution in [0.25, 0.3) is 0 Å². The summed E-state index contributed by atoms with van der Waals surface area (Å²) in [5, 5.41) is 3.96. The van der Waals surface area contributed by atoms with E-state index >= 15 is 0 Å². The van der Waals surface area contributed by atoms with Gasteiger partial charge in [0.15, 0.2) is 0 Å². The number of benzene rings is 1. The lowest BCUT2D eigenvalue weighted by molar-refractivity contribution is -0.121. The number of hydrogen-bond donors (Lipinski definition) is 1. The molecule has 1 aliphatic rings. The third-order valence-electron chi connectivity index (χ3n) is 3.28. The highest BCUT2D eigenvalue weighted by atomic mass is 79.9. The lowest BCUT2D eigenvalue weighted by atomic mass is 10.0. The molecule has 5 heteroatoms. The molecule has 1 heterocycles. The van der Waals surface area contributed by atoms with E-state index < -0.39 is 0 Å². The van der Waals surface area contributed by atoms with E-state index in [4.69, 9.17) is 11.6 Å². The van der Waals surface area contributed by atoms with Crippen LogP contribution in [0.2, 0.25) is 5.02 Å². The van der Waals surface area contributed by atoms with Crippen molar-refractivity contribution in [2.24, 2.45) is 0 Å². The van der Waals surface area contributed by atoms with Crippen molar-refractivity contribution >= 4 is 39.1 Å². The van der Waals surface area contributed by atoms with Crippen LogP contribution in [0.4, 0.5) is 5.69 Å². The van der Waals surface area contributed by atoms with Gasteiger partial charge < -0.3 is 10.2 Å². The summed E-state index contributed by atoms with van der Waals surface area (Å²) >= 11 is 9.52. The van der Waals surface area contributed by atoms with E-state index in [1.807, 2.05) is 23.1 Å². The van der Waals surface area contributed by atoms with Gasteiger partial charge >= 0.3 is 0 Å². The normalized spacial score (nSPS) is 19.8. The molecule has 0 saturated carbocycles. The summed E-state index contributed by atoms with van der Waals surface area (Å²) in [6.07, 6.45) is 2.95. The van der Waals surface area contributed by atoms with Crippen LogP contribution in [0.3, 0.4) is 0 Å². The zero-order valence-electron chi connectivity index (χ0n) is 11.0. The average Bonchev–Trinajstić information content (AvgIpc) is 2.41. The average molecular weight is 346 g/mol. The van der Waals surface area contributed by atoms with Crippen molar-refractivity contribution in [3.8, 4) is 0 Å². The lowest BCUT2D eigenvalue weighted by Gasteiger charge is -2.33. The van der Waals surface area contributed by atoms with Crippen LogP contribution in [0.5, 0.6) is 0 Å². The molecule has 1 aromatic rings. The molecule has 104 valence electrons. The molecular weight excluding hydrogens is 328 g/mol. The molecule has 0 bridgehead atoms. The third kappa shape index (κ3) is 3.50. The number of piperidine rings is 1. The van der Waals surface area contributed by atoms with Crippen molar-refractivity contribution in [3.63, 3.8) is 0 Å². The Morgan fingerprint density at radius 3 is 3.05 bits per heavy atom. The second-order valence-corrected chi connectivity index (χ2v) is 6.03. The first-order chi connectivity index (χ1) is 9.13. The standard InChI is InChI=1S/C14H18BrClN2O/c1-2-7-17-12-4-3-8-18(14(12)19)13-9-10(16)5-6-11(13)15/h5-6,9,12,17H,2-4,7-8H2,1H3. The summed E-state index contributed by atoms with van der Waals surface area (Å²) < 4.78 is 0.904. The Morgan fingerprint density at radius 1 is 1.53 bits per heavy atom. The predicted molar refractivity (Wildman–Crippen MR) is 82.8 cm³/mol. The summed E-state index contributed by atoms with van der Waals surface area (Å²) in [6.45, 7) is 3.73. The maximum Gasteiger partial charge on any atom is 0.244 e. The molecule has 1 aliphatic heterocycles. The molecule has 0 aliphatic carbocycles. The van der Waals surface area contributed by atoms with Gasteiger partial charge in [0.2, 0.25) is 5.91 Å². The number of nitrogens with zero attached hydrogens (tertiary/aromatic N) is 1. The maximum absolute atomic E-state index is 12.5.